The molecule has 0 heterocycles. The van der Waals surface area contributed by atoms with Gasteiger partial charge in [0.25, 0.3) is 0 Å². The maximum atomic E-state index is 12.3. The molecule has 0 aliphatic carbocycles. The van der Waals surface area contributed by atoms with Crippen LogP contribution in [0, 0.1) is 0 Å². The number of methoxy groups -OCH3 is 2. The lowest BCUT2D eigenvalue weighted by Gasteiger charge is -2.07. The number of hydrogen-bond donors (Lipinski definition) is 1. The normalized spacial score (nSPS) is 10.5. The highest BCUT2D eigenvalue weighted by Crippen LogP contribution is 2.25. The Morgan fingerprint density at radius 3 is 2.26 bits per heavy atom. The minimum atomic E-state index is -0.987. The van der Waals surface area contributed by atoms with Crippen molar-refractivity contribution in [2.75, 3.05) is 14.2 Å². The van der Waals surface area contributed by atoms with Crippen LogP contribution in [0.25, 0.3) is 6.08 Å². The Morgan fingerprint density at radius 2 is 1.70 bits per heavy atom. The topological polar surface area (TPSA) is 72.8 Å². The third-order valence-corrected chi connectivity index (χ3v) is 3.26. The Kier molecular flexibility index (Phi) is 5.15. The van der Waals surface area contributed by atoms with E-state index in [-0.39, 0.29) is 11.3 Å². The summed E-state index contributed by atoms with van der Waals surface area (Å²) in [5, 5.41) is 8.85. The van der Waals surface area contributed by atoms with E-state index in [1.54, 1.807) is 36.4 Å². The predicted octanol–water partition coefficient (Wildman–Crippen LogP) is 3.30. The Balaban J connectivity index is 2.19. The summed E-state index contributed by atoms with van der Waals surface area (Å²) in [7, 11) is 3.02. The number of ether oxygens (including phenoxy) is 2. The van der Waals surface area contributed by atoms with E-state index in [0.717, 1.165) is 5.56 Å². The van der Waals surface area contributed by atoms with Gasteiger partial charge in [-0.1, -0.05) is 18.2 Å². The first-order valence-electron chi connectivity index (χ1n) is 6.83. The van der Waals surface area contributed by atoms with Crippen molar-refractivity contribution in [1.82, 2.24) is 0 Å². The molecule has 2 rings (SSSR count). The van der Waals surface area contributed by atoms with Gasteiger partial charge in [0.1, 0.15) is 11.5 Å². The van der Waals surface area contributed by atoms with Crippen LogP contribution in [0.15, 0.2) is 48.5 Å². The second-order valence-corrected chi connectivity index (χ2v) is 4.69. The molecule has 0 amide bonds. The third-order valence-electron chi connectivity index (χ3n) is 3.26. The lowest BCUT2D eigenvalue weighted by Crippen LogP contribution is -1.99. The van der Waals surface area contributed by atoms with Gasteiger partial charge in [0, 0.05) is 6.07 Å². The van der Waals surface area contributed by atoms with Crippen LogP contribution in [0.5, 0.6) is 11.5 Å². The molecule has 0 aliphatic rings. The van der Waals surface area contributed by atoms with Crippen LogP contribution in [0.3, 0.4) is 0 Å². The van der Waals surface area contributed by atoms with Crippen molar-refractivity contribution < 1.29 is 24.2 Å². The van der Waals surface area contributed by atoms with E-state index < -0.39 is 5.97 Å². The lowest BCUT2D eigenvalue weighted by molar-refractivity contribution is 0.0696. The molecule has 23 heavy (non-hydrogen) atoms. The number of benzene rings is 2. The number of hydrogen-bond acceptors (Lipinski definition) is 4. The maximum absolute atomic E-state index is 12.3. The van der Waals surface area contributed by atoms with Crippen LogP contribution in [0.2, 0.25) is 0 Å². The number of rotatable bonds is 6. The maximum Gasteiger partial charge on any atom is 0.335 e. The molecule has 0 saturated heterocycles. The van der Waals surface area contributed by atoms with E-state index in [1.807, 2.05) is 0 Å². The molecule has 0 fully saturated rings. The summed E-state index contributed by atoms with van der Waals surface area (Å²) in [4.78, 5) is 23.1. The summed E-state index contributed by atoms with van der Waals surface area (Å²) in [6.45, 7) is 0. The van der Waals surface area contributed by atoms with Gasteiger partial charge in [-0.15, -0.1) is 0 Å². The van der Waals surface area contributed by atoms with Gasteiger partial charge < -0.3 is 14.6 Å². The Morgan fingerprint density at radius 1 is 1.00 bits per heavy atom. The fraction of sp³-hybridized carbons (Fsp3) is 0.111. The standard InChI is InChI=1S/C18H16O5/c1-22-14-8-9-15(17(11-14)23-2)16(19)10-5-12-3-6-13(7-4-12)18(20)21/h3-11H,1-2H3,(H,20,21)/b10-5+. The fourth-order valence-electron chi connectivity index (χ4n) is 2.00. The van der Waals surface area contributed by atoms with E-state index >= 15 is 0 Å². The van der Waals surface area contributed by atoms with Crippen molar-refractivity contribution in [2.45, 2.75) is 0 Å². The van der Waals surface area contributed by atoms with Gasteiger partial charge in [0.2, 0.25) is 0 Å². The van der Waals surface area contributed by atoms with Crippen molar-refractivity contribution in [3.05, 3.63) is 65.2 Å². The van der Waals surface area contributed by atoms with Crippen LogP contribution in [0.1, 0.15) is 26.3 Å². The van der Waals surface area contributed by atoms with Crippen molar-refractivity contribution in [1.29, 1.82) is 0 Å². The SMILES string of the molecule is COc1ccc(C(=O)/C=C/c2ccc(C(=O)O)cc2)c(OC)c1. The Bertz CT molecular complexity index is 745. The van der Waals surface area contributed by atoms with Gasteiger partial charge in [-0.2, -0.15) is 0 Å². The molecule has 2 aromatic rings. The minimum absolute atomic E-state index is 0.199. The molecule has 1 N–H and O–H groups in total. The molecule has 0 saturated carbocycles. The molecule has 0 unspecified atom stereocenters. The largest absolute Gasteiger partial charge is 0.497 e. The average Bonchev–Trinajstić information content (AvgIpc) is 2.59. The van der Waals surface area contributed by atoms with Crippen LogP contribution in [0.4, 0.5) is 0 Å². The zero-order valence-electron chi connectivity index (χ0n) is 12.8. The van der Waals surface area contributed by atoms with Gasteiger partial charge in [-0.25, -0.2) is 4.79 Å². The van der Waals surface area contributed by atoms with Gasteiger partial charge in [0.05, 0.1) is 25.3 Å². The Labute approximate surface area is 133 Å². The minimum Gasteiger partial charge on any atom is -0.497 e. The third kappa shape index (κ3) is 3.97. The molecule has 0 spiro atoms. The molecule has 0 radical (unpaired) electrons. The average molecular weight is 312 g/mol. The highest BCUT2D eigenvalue weighted by molar-refractivity contribution is 6.08. The number of carbonyl (C=O) groups excluding carboxylic acids is 1. The first-order valence-corrected chi connectivity index (χ1v) is 6.83. The van der Waals surface area contributed by atoms with E-state index in [2.05, 4.69) is 0 Å². The number of aromatic carboxylic acids is 1. The van der Waals surface area contributed by atoms with Gasteiger partial charge >= 0.3 is 5.97 Å². The number of ketones is 1. The van der Waals surface area contributed by atoms with E-state index in [9.17, 15) is 9.59 Å². The quantitative estimate of drug-likeness (QED) is 0.654. The van der Waals surface area contributed by atoms with Crippen LogP contribution >= 0.6 is 0 Å². The molecule has 0 aliphatic heterocycles. The predicted molar refractivity (Wildman–Crippen MR) is 86.3 cm³/mol. The van der Waals surface area contributed by atoms with E-state index in [1.165, 1.54) is 32.4 Å². The van der Waals surface area contributed by atoms with Gasteiger partial charge in [0.15, 0.2) is 5.78 Å². The molecule has 0 aromatic heterocycles. The summed E-state index contributed by atoms with van der Waals surface area (Å²) >= 11 is 0. The summed E-state index contributed by atoms with van der Waals surface area (Å²) < 4.78 is 10.3. The molecule has 5 nitrogen and oxygen atoms in total. The van der Waals surface area contributed by atoms with Crippen molar-refractivity contribution in [2.24, 2.45) is 0 Å². The lowest BCUT2D eigenvalue weighted by atomic mass is 10.1. The highest BCUT2D eigenvalue weighted by atomic mass is 16.5. The fourth-order valence-corrected chi connectivity index (χ4v) is 2.00. The second kappa shape index (κ2) is 7.26. The van der Waals surface area contributed by atoms with Crippen LogP contribution in [-0.2, 0) is 0 Å². The monoisotopic (exact) mass is 312 g/mol. The smallest absolute Gasteiger partial charge is 0.335 e. The van der Waals surface area contributed by atoms with Crippen LogP contribution < -0.4 is 9.47 Å². The molecule has 0 bridgehead atoms. The summed E-state index contributed by atoms with van der Waals surface area (Å²) in [6.07, 6.45) is 3.04. The summed E-state index contributed by atoms with van der Waals surface area (Å²) in [5.41, 5.74) is 1.35. The molecule has 5 heteroatoms. The number of carboxylic acid groups (broad SMARTS) is 1. The van der Waals surface area contributed by atoms with Crippen molar-refractivity contribution >= 4 is 17.8 Å². The zero-order valence-corrected chi connectivity index (χ0v) is 12.8. The second-order valence-electron chi connectivity index (χ2n) is 4.69. The van der Waals surface area contributed by atoms with Gasteiger partial charge in [-0.3, -0.25) is 4.79 Å². The number of carboxylic acids is 1. The van der Waals surface area contributed by atoms with E-state index in [4.69, 9.17) is 14.6 Å². The molecule has 0 atom stereocenters. The molecule has 2 aromatic carbocycles. The first kappa shape index (κ1) is 16.3. The summed E-state index contributed by atoms with van der Waals surface area (Å²) in [5.74, 6) is -0.168. The highest BCUT2D eigenvalue weighted by Gasteiger charge is 2.10. The number of carbonyl (C=O) groups is 2. The summed E-state index contributed by atoms with van der Waals surface area (Å²) in [6, 6.07) is 11.2. The van der Waals surface area contributed by atoms with Crippen molar-refractivity contribution in [3.8, 4) is 11.5 Å². The Hall–Kier alpha value is -3.08. The molecular formula is C18H16O5. The zero-order chi connectivity index (χ0) is 16.8. The van der Waals surface area contributed by atoms with Gasteiger partial charge in [-0.05, 0) is 35.9 Å². The molecular weight excluding hydrogens is 296 g/mol. The van der Waals surface area contributed by atoms with E-state index in [0.29, 0.717) is 17.1 Å². The molecule has 118 valence electrons. The first-order chi connectivity index (χ1) is 11.0. The van der Waals surface area contributed by atoms with Crippen LogP contribution in [-0.4, -0.2) is 31.1 Å². The number of allylic oxidation sites excluding steroid dienone is 1. The van der Waals surface area contributed by atoms with Crippen molar-refractivity contribution in [3.63, 3.8) is 0 Å².